The van der Waals surface area contributed by atoms with E-state index in [1.165, 1.54) is 24.9 Å². The summed E-state index contributed by atoms with van der Waals surface area (Å²) in [6, 6.07) is 3.51. The van der Waals surface area contributed by atoms with Gasteiger partial charge in [0.1, 0.15) is 12.1 Å². The van der Waals surface area contributed by atoms with Crippen LogP contribution in [0.25, 0.3) is 0 Å². The van der Waals surface area contributed by atoms with Gasteiger partial charge in [-0.3, -0.25) is 4.79 Å². The molecule has 26 heavy (non-hydrogen) atoms. The van der Waals surface area contributed by atoms with Crippen LogP contribution in [0.4, 0.5) is 0 Å². The van der Waals surface area contributed by atoms with Gasteiger partial charge in [-0.25, -0.2) is 4.79 Å². The Morgan fingerprint density at radius 3 is 2.73 bits per heavy atom. The minimum absolute atomic E-state index is 0.0130. The lowest BCUT2D eigenvalue weighted by Crippen LogP contribution is -2.34. The number of hydrogen-bond acceptors (Lipinski definition) is 6. The molecule has 1 aromatic heterocycles. The van der Waals surface area contributed by atoms with Gasteiger partial charge in [-0.2, -0.15) is 0 Å². The van der Waals surface area contributed by atoms with Crippen molar-refractivity contribution in [2.24, 2.45) is 0 Å². The number of halogens is 1. The molecule has 2 rings (SSSR count). The van der Waals surface area contributed by atoms with Gasteiger partial charge in [-0.05, 0) is 31.5 Å². The van der Waals surface area contributed by atoms with E-state index in [4.69, 9.17) is 16.3 Å². The van der Waals surface area contributed by atoms with Crippen molar-refractivity contribution < 1.29 is 19.4 Å². The standard InChI is InChI=1S/C16H19ClN4O4S/c1-9(2)21-8-18-20-16(21)26-7-13(22)19-14(15(23)24)10-4-5-12(25-3)11(17)6-10/h4-6,8-9,14H,7H2,1-3H3,(H,19,22)(H,23,24). The largest absolute Gasteiger partial charge is 0.495 e. The Morgan fingerprint density at radius 2 is 2.15 bits per heavy atom. The van der Waals surface area contributed by atoms with Gasteiger partial charge < -0.3 is 19.7 Å². The molecule has 1 amide bonds. The van der Waals surface area contributed by atoms with Gasteiger partial charge in [-0.1, -0.05) is 29.4 Å². The molecule has 0 aliphatic heterocycles. The molecule has 0 spiro atoms. The van der Waals surface area contributed by atoms with Crippen molar-refractivity contribution >= 4 is 35.2 Å². The Kier molecular flexibility index (Phi) is 6.87. The van der Waals surface area contributed by atoms with Gasteiger partial charge in [-0.15, -0.1) is 10.2 Å². The summed E-state index contributed by atoms with van der Waals surface area (Å²) in [6.45, 7) is 3.95. The fourth-order valence-electron chi connectivity index (χ4n) is 2.17. The van der Waals surface area contributed by atoms with Crippen LogP contribution in [-0.4, -0.2) is 44.6 Å². The first-order valence-electron chi connectivity index (χ1n) is 7.71. The molecule has 0 aliphatic carbocycles. The number of nitrogens with zero attached hydrogens (tertiary/aromatic N) is 3. The van der Waals surface area contributed by atoms with Crippen molar-refractivity contribution in [2.45, 2.75) is 31.1 Å². The monoisotopic (exact) mass is 398 g/mol. The number of thioether (sulfide) groups is 1. The number of aromatic nitrogens is 3. The highest BCUT2D eigenvalue weighted by atomic mass is 35.5. The first-order valence-corrected chi connectivity index (χ1v) is 9.07. The van der Waals surface area contributed by atoms with E-state index in [0.717, 1.165) is 0 Å². The van der Waals surface area contributed by atoms with Crippen molar-refractivity contribution in [1.82, 2.24) is 20.1 Å². The van der Waals surface area contributed by atoms with Crippen LogP contribution in [0.1, 0.15) is 31.5 Å². The van der Waals surface area contributed by atoms with E-state index in [2.05, 4.69) is 15.5 Å². The van der Waals surface area contributed by atoms with E-state index in [-0.39, 0.29) is 16.8 Å². The highest BCUT2D eigenvalue weighted by Crippen LogP contribution is 2.28. The zero-order valence-electron chi connectivity index (χ0n) is 14.5. The fourth-order valence-corrected chi connectivity index (χ4v) is 3.29. The number of amides is 1. The number of benzene rings is 1. The van der Waals surface area contributed by atoms with Crippen molar-refractivity contribution in [3.8, 4) is 5.75 Å². The molecule has 2 N–H and O–H groups in total. The Labute approximate surface area is 159 Å². The highest BCUT2D eigenvalue weighted by Gasteiger charge is 2.23. The molecule has 1 heterocycles. The van der Waals surface area contributed by atoms with Gasteiger partial charge in [0.15, 0.2) is 11.2 Å². The molecule has 0 fully saturated rings. The van der Waals surface area contributed by atoms with Crippen molar-refractivity contribution in [3.05, 3.63) is 35.1 Å². The lowest BCUT2D eigenvalue weighted by Gasteiger charge is -2.16. The maximum atomic E-state index is 12.2. The van der Waals surface area contributed by atoms with Crippen molar-refractivity contribution in [2.75, 3.05) is 12.9 Å². The van der Waals surface area contributed by atoms with Crippen LogP contribution < -0.4 is 10.1 Å². The number of carbonyl (C=O) groups is 2. The van der Waals surface area contributed by atoms with E-state index in [1.54, 1.807) is 18.5 Å². The van der Waals surface area contributed by atoms with Crippen LogP contribution in [0, 0.1) is 0 Å². The number of hydrogen-bond donors (Lipinski definition) is 2. The second kappa shape index (κ2) is 8.91. The second-order valence-corrected chi connectivity index (χ2v) is 6.99. The molecular formula is C16H19ClN4O4S. The predicted molar refractivity (Wildman–Crippen MR) is 97.7 cm³/mol. The van der Waals surface area contributed by atoms with Crippen molar-refractivity contribution in [3.63, 3.8) is 0 Å². The molecule has 8 nitrogen and oxygen atoms in total. The summed E-state index contributed by atoms with van der Waals surface area (Å²) in [6.07, 6.45) is 1.59. The van der Waals surface area contributed by atoms with E-state index in [0.29, 0.717) is 16.5 Å². The van der Waals surface area contributed by atoms with Crippen molar-refractivity contribution in [1.29, 1.82) is 0 Å². The van der Waals surface area contributed by atoms with Gasteiger partial charge in [0, 0.05) is 6.04 Å². The number of methoxy groups -OCH3 is 1. The average molecular weight is 399 g/mol. The smallest absolute Gasteiger partial charge is 0.330 e. The van der Waals surface area contributed by atoms with Crippen LogP contribution >= 0.6 is 23.4 Å². The molecule has 0 bridgehead atoms. The summed E-state index contributed by atoms with van der Waals surface area (Å²) in [5.74, 6) is -1.18. The third kappa shape index (κ3) is 4.89. The molecule has 1 atom stereocenters. The molecule has 10 heteroatoms. The Morgan fingerprint density at radius 1 is 1.42 bits per heavy atom. The lowest BCUT2D eigenvalue weighted by atomic mass is 10.1. The number of carboxylic acid groups (broad SMARTS) is 1. The minimum atomic E-state index is -1.21. The SMILES string of the molecule is COc1ccc(C(NC(=O)CSc2nncn2C(C)C)C(=O)O)cc1Cl. The van der Waals surface area contributed by atoms with E-state index >= 15 is 0 Å². The number of nitrogens with one attached hydrogen (secondary N) is 1. The molecule has 0 saturated heterocycles. The Balaban J connectivity index is 2.05. The molecule has 0 saturated carbocycles. The average Bonchev–Trinajstić information content (AvgIpc) is 3.06. The minimum Gasteiger partial charge on any atom is -0.495 e. The highest BCUT2D eigenvalue weighted by molar-refractivity contribution is 7.99. The number of ether oxygens (including phenoxy) is 1. The van der Waals surface area contributed by atoms with Crippen LogP contribution in [0.5, 0.6) is 5.75 Å². The lowest BCUT2D eigenvalue weighted by molar-refractivity contribution is -0.141. The summed E-state index contributed by atoms with van der Waals surface area (Å²) >= 11 is 7.22. The van der Waals surface area contributed by atoms with Gasteiger partial charge in [0.2, 0.25) is 5.91 Å². The maximum absolute atomic E-state index is 12.2. The number of aliphatic carboxylic acids is 1. The third-order valence-electron chi connectivity index (χ3n) is 3.49. The molecule has 1 unspecified atom stereocenters. The van der Waals surface area contributed by atoms with Crippen LogP contribution in [0.3, 0.4) is 0 Å². The third-order valence-corrected chi connectivity index (χ3v) is 4.74. The first-order chi connectivity index (χ1) is 12.3. The molecule has 2 aromatic rings. The molecule has 0 radical (unpaired) electrons. The number of rotatable bonds is 8. The predicted octanol–water partition coefficient (Wildman–Crippen LogP) is 2.56. The fraction of sp³-hybridized carbons (Fsp3) is 0.375. The molecule has 140 valence electrons. The quantitative estimate of drug-likeness (QED) is 0.658. The zero-order valence-corrected chi connectivity index (χ0v) is 16.0. The van der Waals surface area contributed by atoms with Gasteiger partial charge >= 0.3 is 5.97 Å². The van der Waals surface area contributed by atoms with Crippen LogP contribution in [0.15, 0.2) is 29.7 Å². The first kappa shape index (κ1) is 20.1. The summed E-state index contributed by atoms with van der Waals surface area (Å²) < 4.78 is 6.88. The molecular weight excluding hydrogens is 380 g/mol. The zero-order chi connectivity index (χ0) is 19.3. The van der Waals surface area contributed by atoms with Crippen LogP contribution in [0.2, 0.25) is 5.02 Å². The molecule has 1 aromatic carbocycles. The Hall–Kier alpha value is -2.26. The Bertz CT molecular complexity index is 796. The van der Waals surface area contributed by atoms with E-state index < -0.39 is 17.9 Å². The van der Waals surface area contributed by atoms with Gasteiger partial charge in [0.25, 0.3) is 0 Å². The second-order valence-electron chi connectivity index (χ2n) is 5.64. The van der Waals surface area contributed by atoms with Gasteiger partial charge in [0.05, 0.1) is 17.9 Å². The summed E-state index contributed by atoms with van der Waals surface area (Å²) in [5, 5.41) is 20.6. The number of carboxylic acids is 1. The molecule has 0 aliphatic rings. The topological polar surface area (TPSA) is 106 Å². The summed E-state index contributed by atoms with van der Waals surface area (Å²) in [5.41, 5.74) is 0.354. The summed E-state index contributed by atoms with van der Waals surface area (Å²) in [4.78, 5) is 23.8. The van der Waals surface area contributed by atoms with E-state index in [1.807, 2.05) is 18.4 Å². The van der Waals surface area contributed by atoms with Crippen LogP contribution in [-0.2, 0) is 9.59 Å². The summed E-state index contributed by atoms with van der Waals surface area (Å²) in [7, 11) is 1.46. The maximum Gasteiger partial charge on any atom is 0.330 e. The number of carbonyl (C=O) groups excluding carboxylic acids is 1. The normalized spacial score (nSPS) is 12.0. The van der Waals surface area contributed by atoms with E-state index in [9.17, 15) is 14.7 Å².